The lowest BCUT2D eigenvalue weighted by Crippen LogP contribution is -2.62. The number of hydrogen-bond donors (Lipinski definition) is 4. The Morgan fingerprint density at radius 3 is 2.57 bits per heavy atom. The number of nitrogens with one attached hydrogen (secondary N) is 3. The second-order valence-corrected chi connectivity index (χ2v) is 12.4. The van der Waals surface area contributed by atoms with Crippen LogP contribution in [0.15, 0.2) is 0 Å². The van der Waals surface area contributed by atoms with Crippen molar-refractivity contribution in [2.75, 3.05) is 59.9 Å². The van der Waals surface area contributed by atoms with E-state index < -0.39 is 0 Å². The third kappa shape index (κ3) is 6.76. The first-order valence-electron chi connectivity index (χ1n) is 14.5. The first kappa shape index (κ1) is 27.3. The number of carbonyl (C=O) groups excluding carboxylic acids is 1. The van der Waals surface area contributed by atoms with Crippen LogP contribution in [0.3, 0.4) is 0 Å². The number of carbonyl (C=O) groups is 1. The van der Waals surface area contributed by atoms with Crippen LogP contribution in [-0.2, 0) is 4.79 Å². The lowest BCUT2D eigenvalue weighted by atomic mass is 9.71. The highest BCUT2D eigenvalue weighted by Crippen LogP contribution is 2.40. The smallest absolute Gasteiger partial charge is 0.225 e. The summed E-state index contributed by atoms with van der Waals surface area (Å²) in [6.07, 6.45) is 8.86. The maximum atomic E-state index is 13.9. The quantitative estimate of drug-likeness (QED) is 0.387. The van der Waals surface area contributed by atoms with Crippen LogP contribution in [0.2, 0.25) is 0 Å². The largest absolute Gasteiger partial charge is 0.345 e. The molecule has 1 aliphatic carbocycles. The molecule has 202 valence electrons. The number of fused-ring (bicyclic) bond motifs is 1. The predicted molar refractivity (Wildman–Crippen MR) is 143 cm³/mol. The average molecular weight is 492 g/mol. The lowest BCUT2D eigenvalue weighted by Gasteiger charge is -2.47. The van der Waals surface area contributed by atoms with Gasteiger partial charge in [-0.1, -0.05) is 6.42 Å². The van der Waals surface area contributed by atoms with Crippen LogP contribution in [0.4, 0.5) is 0 Å². The maximum Gasteiger partial charge on any atom is 0.225 e. The molecule has 0 aromatic carbocycles. The third-order valence-corrected chi connectivity index (χ3v) is 9.28. The second kappa shape index (κ2) is 12.7. The number of piperidine rings is 2. The molecule has 0 bridgehead atoms. The van der Waals surface area contributed by atoms with Gasteiger partial charge in [0.1, 0.15) is 0 Å². The number of nitrogens with two attached hydrogens (primary N) is 1. The summed E-state index contributed by atoms with van der Waals surface area (Å²) in [6, 6.07) is 0.820. The number of hydrogen-bond acceptors (Lipinski definition) is 7. The SMILES string of the molecule is CC(C)N1NCC2C(C(=O)N(C)CC3CCCNC3)CC(C3CCCC(CN(C)CCN)C3)NC21. The number of likely N-dealkylation sites (N-methyl/N-ethyl adjacent to an activating group) is 1. The molecule has 3 heterocycles. The highest BCUT2D eigenvalue weighted by atomic mass is 16.2. The van der Waals surface area contributed by atoms with Crippen LogP contribution in [0.5, 0.6) is 0 Å². The van der Waals surface area contributed by atoms with E-state index in [1.165, 1.54) is 38.5 Å². The molecular weight excluding hydrogens is 438 g/mol. The Labute approximate surface area is 214 Å². The zero-order chi connectivity index (χ0) is 24.9. The molecule has 7 atom stereocenters. The van der Waals surface area contributed by atoms with Gasteiger partial charge >= 0.3 is 0 Å². The van der Waals surface area contributed by atoms with E-state index >= 15 is 0 Å². The molecule has 4 fully saturated rings. The van der Waals surface area contributed by atoms with Crippen LogP contribution in [-0.4, -0.2) is 98.9 Å². The van der Waals surface area contributed by atoms with Gasteiger partial charge in [-0.05, 0) is 90.3 Å². The summed E-state index contributed by atoms with van der Waals surface area (Å²) in [6.45, 7) is 11.3. The van der Waals surface area contributed by atoms with Gasteiger partial charge in [-0.2, -0.15) is 0 Å². The fourth-order valence-electron chi connectivity index (χ4n) is 7.50. The van der Waals surface area contributed by atoms with Crippen LogP contribution >= 0.6 is 0 Å². The molecule has 4 aliphatic rings. The standard InChI is InChI=1S/C27H53N7O/c1-19(2)34-26-24(16-30-34)23(27(35)33(4)18-21-8-6-11-29-15-21)14-25(31-26)22-9-5-7-20(13-22)17-32(3)12-10-28/h19-26,29-31H,5-18,28H2,1-4H3. The van der Waals surface area contributed by atoms with E-state index in [1.54, 1.807) is 0 Å². The van der Waals surface area contributed by atoms with E-state index in [2.05, 4.69) is 58.8 Å². The Hall–Kier alpha value is -0.770. The van der Waals surface area contributed by atoms with Crippen molar-refractivity contribution >= 4 is 5.91 Å². The minimum absolute atomic E-state index is 0.101. The molecule has 3 saturated heterocycles. The number of hydrazine groups is 1. The van der Waals surface area contributed by atoms with Crippen molar-refractivity contribution < 1.29 is 4.79 Å². The number of nitrogens with zero attached hydrogens (tertiary/aromatic N) is 3. The van der Waals surface area contributed by atoms with E-state index in [1.807, 2.05) is 0 Å². The van der Waals surface area contributed by atoms with Gasteiger partial charge in [0, 0.05) is 63.7 Å². The van der Waals surface area contributed by atoms with Crippen molar-refractivity contribution in [1.29, 1.82) is 0 Å². The lowest BCUT2D eigenvalue weighted by molar-refractivity contribution is -0.139. The molecule has 0 aromatic rings. The van der Waals surface area contributed by atoms with Gasteiger partial charge < -0.3 is 20.9 Å². The monoisotopic (exact) mass is 491 g/mol. The minimum Gasteiger partial charge on any atom is -0.345 e. The van der Waals surface area contributed by atoms with Gasteiger partial charge in [0.05, 0.1) is 6.17 Å². The van der Waals surface area contributed by atoms with E-state index in [4.69, 9.17) is 5.73 Å². The Kier molecular flexibility index (Phi) is 9.86. The number of rotatable bonds is 9. The van der Waals surface area contributed by atoms with Crippen LogP contribution < -0.4 is 21.8 Å². The topological polar surface area (TPSA) is 88.9 Å². The van der Waals surface area contributed by atoms with Gasteiger partial charge in [-0.25, -0.2) is 5.01 Å². The zero-order valence-electron chi connectivity index (χ0n) is 22.8. The van der Waals surface area contributed by atoms with E-state index in [-0.39, 0.29) is 12.1 Å². The molecule has 1 saturated carbocycles. The summed E-state index contributed by atoms with van der Waals surface area (Å²) in [5.74, 6) is 2.79. The van der Waals surface area contributed by atoms with Gasteiger partial charge in [-0.3, -0.25) is 15.5 Å². The van der Waals surface area contributed by atoms with Gasteiger partial charge in [0.25, 0.3) is 0 Å². The van der Waals surface area contributed by atoms with Gasteiger partial charge in [0.15, 0.2) is 0 Å². The van der Waals surface area contributed by atoms with Crippen molar-refractivity contribution in [3.63, 3.8) is 0 Å². The first-order valence-corrected chi connectivity index (χ1v) is 14.5. The summed E-state index contributed by atoms with van der Waals surface area (Å²) in [5.41, 5.74) is 9.44. The van der Waals surface area contributed by atoms with Crippen molar-refractivity contribution in [3.05, 3.63) is 0 Å². The van der Waals surface area contributed by atoms with Crippen molar-refractivity contribution in [1.82, 2.24) is 30.9 Å². The number of amides is 1. The molecule has 35 heavy (non-hydrogen) atoms. The second-order valence-electron chi connectivity index (χ2n) is 12.4. The Morgan fingerprint density at radius 1 is 1.06 bits per heavy atom. The summed E-state index contributed by atoms with van der Waals surface area (Å²) < 4.78 is 0. The molecular formula is C27H53N7O. The first-order chi connectivity index (χ1) is 16.9. The molecule has 0 spiro atoms. The van der Waals surface area contributed by atoms with Crippen LogP contribution in [0, 0.1) is 29.6 Å². The molecule has 8 heteroatoms. The molecule has 0 radical (unpaired) electrons. The molecule has 3 aliphatic heterocycles. The minimum atomic E-state index is 0.101. The molecule has 4 rings (SSSR count). The van der Waals surface area contributed by atoms with E-state index in [0.717, 1.165) is 58.2 Å². The maximum absolute atomic E-state index is 13.9. The summed E-state index contributed by atoms with van der Waals surface area (Å²) >= 11 is 0. The molecule has 5 N–H and O–H groups in total. The van der Waals surface area contributed by atoms with Crippen LogP contribution in [0.25, 0.3) is 0 Å². The fourth-order valence-corrected chi connectivity index (χ4v) is 7.50. The summed E-state index contributed by atoms with van der Waals surface area (Å²) in [4.78, 5) is 18.4. The van der Waals surface area contributed by atoms with Gasteiger partial charge in [-0.15, -0.1) is 0 Å². The molecule has 0 aromatic heterocycles. The Morgan fingerprint density at radius 2 is 1.86 bits per heavy atom. The summed E-state index contributed by atoms with van der Waals surface area (Å²) in [7, 11) is 4.26. The Bertz CT molecular complexity index is 670. The molecule has 7 unspecified atom stereocenters. The fraction of sp³-hybridized carbons (Fsp3) is 0.963. The summed E-state index contributed by atoms with van der Waals surface area (Å²) in [5, 5.41) is 9.97. The molecule has 8 nitrogen and oxygen atoms in total. The molecule has 1 amide bonds. The highest BCUT2D eigenvalue weighted by Gasteiger charge is 2.50. The predicted octanol–water partition coefficient (Wildman–Crippen LogP) is 1.29. The third-order valence-electron chi connectivity index (χ3n) is 9.28. The highest BCUT2D eigenvalue weighted by molar-refractivity contribution is 5.79. The van der Waals surface area contributed by atoms with E-state index in [9.17, 15) is 4.79 Å². The normalized spacial score (nSPS) is 36.5. The Balaban J connectivity index is 1.45. The zero-order valence-corrected chi connectivity index (χ0v) is 22.8. The van der Waals surface area contributed by atoms with Crippen molar-refractivity contribution in [2.24, 2.45) is 35.3 Å². The average Bonchev–Trinajstić information content (AvgIpc) is 3.28. The van der Waals surface area contributed by atoms with Gasteiger partial charge in [0.2, 0.25) is 5.91 Å². The van der Waals surface area contributed by atoms with Crippen molar-refractivity contribution in [3.8, 4) is 0 Å². The van der Waals surface area contributed by atoms with Crippen molar-refractivity contribution in [2.45, 2.75) is 77.0 Å². The van der Waals surface area contributed by atoms with Crippen LogP contribution in [0.1, 0.15) is 58.8 Å². The van der Waals surface area contributed by atoms with E-state index in [0.29, 0.717) is 35.7 Å².